The van der Waals surface area contributed by atoms with Crippen molar-refractivity contribution in [1.82, 2.24) is 9.80 Å². The second-order valence-electron chi connectivity index (χ2n) is 7.65. The maximum Gasteiger partial charge on any atom is 0.242 e. The number of hydrogen-bond donors (Lipinski definition) is 0. The normalized spacial score (nSPS) is 14.1. The van der Waals surface area contributed by atoms with Crippen LogP contribution < -0.4 is 9.47 Å². The molecule has 1 aliphatic rings. The van der Waals surface area contributed by atoms with Gasteiger partial charge in [-0.3, -0.25) is 9.59 Å². The molecular formula is C23H29ClN2O4S. The lowest BCUT2D eigenvalue weighted by Gasteiger charge is -2.28. The zero-order chi connectivity index (χ0) is 22.4. The Morgan fingerprint density at radius 2 is 1.94 bits per heavy atom. The molecule has 2 aromatic rings. The smallest absolute Gasteiger partial charge is 0.242 e. The zero-order valence-corrected chi connectivity index (χ0v) is 19.7. The molecule has 1 fully saturated rings. The summed E-state index contributed by atoms with van der Waals surface area (Å²) in [5.74, 6) is 1.10. The van der Waals surface area contributed by atoms with Gasteiger partial charge in [-0.25, -0.2) is 0 Å². The summed E-state index contributed by atoms with van der Waals surface area (Å²) in [5.41, 5.74) is 1.05. The Balaban J connectivity index is 1.71. The highest BCUT2D eigenvalue weighted by Gasteiger charge is 2.36. The van der Waals surface area contributed by atoms with Crippen LogP contribution in [0.1, 0.15) is 30.2 Å². The van der Waals surface area contributed by atoms with E-state index in [9.17, 15) is 9.59 Å². The number of thiophene rings is 1. The molecule has 3 rings (SSSR count). The molecule has 1 aromatic heterocycles. The molecule has 1 unspecified atom stereocenters. The SMILES string of the molecule is COc1ccc(CCN(Cc2cccs2)C(=O)CN(C(=O)C(C)Cl)C2CC2)cc1OC. The van der Waals surface area contributed by atoms with Crippen molar-refractivity contribution in [2.45, 2.75) is 44.1 Å². The topological polar surface area (TPSA) is 59.1 Å². The first-order chi connectivity index (χ1) is 14.9. The van der Waals surface area contributed by atoms with Crippen molar-refractivity contribution in [3.8, 4) is 11.5 Å². The van der Waals surface area contributed by atoms with Gasteiger partial charge in [-0.2, -0.15) is 0 Å². The van der Waals surface area contributed by atoms with Crippen molar-refractivity contribution in [2.75, 3.05) is 27.3 Å². The maximum atomic E-state index is 13.2. The number of amides is 2. The van der Waals surface area contributed by atoms with E-state index in [1.54, 1.807) is 37.4 Å². The second kappa shape index (κ2) is 10.9. The Morgan fingerprint density at radius 1 is 1.19 bits per heavy atom. The first-order valence-electron chi connectivity index (χ1n) is 10.4. The number of alkyl halides is 1. The summed E-state index contributed by atoms with van der Waals surface area (Å²) >= 11 is 7.65. The molecule has 0 N–H and O–H groups in total. The van der Waals surface area contributed by atoms with Gasteiger partial charge in [0.25, 0.3) is 0 Å². The molecule has 0 bridgehead atoms. The monoisotopic (exact) mass is 464 g/mol. The summed E-state index contributed by atoms with van der Waals surface area (Å²) in [7, 11) is 3.21. The summed E-state index contributed by atoms with van der Waals surface area (Å²) in [6.45, 7) is 2.78. The number of carbonyl (C=O) groups is 2. The van der Waals surface area contributed by atoms with Crippen molar-refractivity contribution >= 4 is 34.8 Å². The molecule has 1 heterocycles. The molecule has 1 atom stereocenters. The minimum atomic E-state index is -0.633. The van der Waals surface area contributed by atoms with Crippen LogP contribution in [0.3, 0.4) is 0 Å². The standard InChI is InChI=1S/C23H29ClN2O4S/c1-16(24)23(28)26(18-7-8-18)15-22(27)25(14-19-5-4-12-31-19)11-10-17-6-9-20(29-2)21(13-17)30-3/h4-6,9,12-13,16,18H,7-8,10-11,14-15H2,1-3H3. The Morgan fingerprint density at radius 3 is 2.52 bits per heavy atom. The van der Waals surface area contributed by atoms with Gasteiger partial charge in [0.15, 0.2) is 11.5 Å². The van der Waals surface area contributed by atoms with Crippen molar-refractivity contribution in [1.29, 1.82) is 0 Å². The molecule has 8 heteroatoms. The third kappa shape index (κ3) is 6.37. The molecule has 0 aliphatic heterocycles. The number of carbonyl (C=O) groups excluding carboxylic acids is 2. The molecule has 2 amide bonds. The fourth-order valence-corrected chi connectivity index (χ4v) is 4.27. The van der Waals surface area contributed by atoms with Crippen LogP contribution in [0.4, 0.5) is 0 Å². The van der Waals surface area contributed by atoms with Gasteiger partial charge in [0.2, 0.25) is 11.8 Å². The fraction of sp³-hybridized carbons (Fsp3) is 0.478. The van der Waals surface area contributed by atoms with Crippen molar-refractivity contribution in [3.63, 3.8) is 0 Å². The Kier molecular flexibility index (Phi) is 8.21. The molecule has 0 radical (unpaired) electrons. The van der Waals surface area contributed by atoms with Gasteiger partial charge in [0.1, 0.15) is 11.9 Å². The summed E-state index contributed by atoms with van der Waals surface area (Å²) in [4.78, 5) is 30.3. The van der Waals surface area contributed by atoms with Crippen LogP contribution in [0.15, 0.2) is 35.7 Å². The van der Waals surface area contributed by atoms with Gasteiger partial charge in [-0.15, -0.1) is 22.9 Å². The van der Waals surface area contributed by atoms with E-state index in [2.05, 4.69) is 0 Å². The Labute approximate surface area is 192 Å². The number of ether oxygens (including phenoxy) is 2. The largest absolute Gasteiger partial charge is 0.493 e. The van der Waals surface area contributed by atoms with Crippen molar-refractivity contribution < 1.29 is 19.1 Å². The lowest BCUT2D eigenvalue weighted by Crippen LogP contribution is -2.46. The van der Waals surface area contributed by atoms with Gasteiger partial charge in [0.05, 0.1) is 20.8 Å². The van der Waals surface area contributed by atoms with Crippen LogP contribution in [-0.4, -0.2) is 60.3 Å². The number of rotatable bonds is 11. The van der Waals surface area contributed by atoms with Crippen molar-refractivity contribution in [2.24, 2.45) is 0 Å². The van der Waals surface area contributed by atoms with E-state index in [-0.39, 0.29) is 24.4 Å². The van der Waals surface area contributed by atoms with E-state index in [1.165, 1.54) is 0 Å². The minimum absolute atomic E-state index is 0.0635. The number of nitrogens with zero attached hydrogens (tertiary/aromatic N) is 2. The summed E-state index contributed by atoms with van der Waals surface area (Å²) in [6.07, 6.45) is 2.53. The maximum absolute atomic E-state index is 13.2. The van der Waals surface area contributed by atoms with Crippen LogP contribution in [0.25, 0.3) is 0 Å². The average Bonchev–Trinajstić information content (AvgIpc) is 3.49. The average molecular weight is 465 g/mol. The molecule has 1 saturated carbocycles. The molecule has 31 heavy (non-hydrogen) atoms. The van der Waals surface area contributed by atoms with Crippen LogP contribution in [0.5, 0.6) is 11.5 Å². The predicted molar refractivity (Wildman–Crippen MR) is 123 cm³/mol. The molecule has 1 aliphatic carbocycles. The Bertz CT molecular complexity index is 884. The minimum Gasteiger partial charge on any atom is -0.493 e. The molecule has 168 valence electrons. The van der Waals surface area contributed by atoms with E-state index >= 15 is 0 Å². The fourth-order valence-electron chi connectivity index (χ4n) is 3.43. The van der Waals surface area contributed by atoms with Crippen LogP contribution >= 0.6 is 22.9 Å². The lowest BCUT2D eigenvalue weighted by molar-refractivity contribution is -0.141. The predicted octanol–water partition coefficient (Wildman–Crippen LogP) is 3.95. The first-order valence-corrected chi connectivity index (χ1v) is 11.7. The van der Waals surface area contributed by atoms with Gasteiger partial charge in [-0.1, -0.05) is 12.1 Å². The highest BCUT2D eigenvalue weighted by Crippen LogP contribution is 2.29. The number of benzene rings is 1. The van der Waals surface area contributed by atoms with Crippen LogP contribution in [0.2, 0.25) is 0 Å². The van der Waals surface area contributed by atoms with Gasteiger partial charge >= 0.3 is 0 Å². The van der Waals surface area contributed by atoms with E-state index in [4.69, 9.17) is 21.1 Å². The van der Waals surface area contributed by atoms with E-state index in [1.807, 2.05) is 40.6 Å². The number of halogens is 1. The quantitative estimate of drug-likeness (QED) is 0.472. The highest BCUT2D eigenvalue weighted by atomic mass is 35.5. The Hall–Kier alpha value is -2.25. The summed E-state index contributed by atoms with van der Waals surface area (Å²) < 4.78 is 10.7. The van der Waals surface area contributed by atoms with Crippen molar-refractivity contribution in [3.05, 3.63) is 46.2 Å². The summed E-state index contributed by atoms with van der Waals surface area (Å²) in [5, 5.41) is 1.37. The third-order valence-electron chi connectivity index (χ3n) is 5.31. The first kappa shape index (κ1) is 23.4. The highest BCUT2D eigenvalue weighted by molar-refractivity contribution is 7.09. The van der Waals surface area contributed by atoms with Crippen LogP contribution in [0, 0.1) is 0 Å². The molecular weight excluding hydrogens is 436 g/mol. The number of hydrogen-bond acceptors (Lipinski definition) is 5. The second-order valence-corrected chi connectivity index (χ2v) is 9.33. The van der Waals surface area contributed by atoms with Gasteiger partial charge < -0.3 is 19.3 Å². The van der Waals surface area contributed by atoms with E-state index in [0.717, 1.165) is 23.3 Å². The lowest BCUT2D eigenvalue weighted by atomic mass is 10.1. The molecule has 0 saturated heterocycles. The molecule has 1 aromatic carbocycles. The molecule has 6 nitrogen and oxygen atoms in total. The van der Waals surface area contributed by atoms with E-state index in [0.29, 0.717) is 31.0 Å². The summed E-state index contributed by atoms with van der Waals surface area (Å²) in [6, 6.07) is 9.91. The third-order valence-corrected chi connectivity index (χ3v) is 6.36. The van der Waals surface area contributed by atoms with Crippen LogP contribution in [-0.2, 0) is 22.6 Å². The zero-order valence-electron chi connectivity index (χ0n) is 18.2. The van der Waals surface area contributed by atoms with Gasteiger partial charge in [-0.05, 0) is 55.3 Å². The number of methoxy groups -OCH3 is 2. The van der Waals surface area contributed by atoms with E-state index < -0.39 is 5.38 Å². The molecule has 0 spiro atoms. The van der Waals surface area contributed by atoms with Gasteiger partial charge in [0, 0.05) is 17.5 Å².